The summed E-state index contributed by atoms with van der Waals surface area (Å²) in [6.45, 7) is 2.27. The Balaban J connectivity index is 2.17. The lowest BCUT2D eigenvalue weighted by Gasteiger charge is -2.25. The zero-order chi connectivity index (χ0) is 13.1. The minimum Gasteiger partial charge on any atom is -0.497 e. The summed E-state index contributed by atoms with van der Waals surface area (Å²) in [7, 11) is 1.62. The van der Waals surface area contributed by atoms with Crippen LogP contribution < -0.4 is 4.74 Å². The molecule has 1 saturated carbocycles. The van der Waals surface area contributed by atoms with E-state index in [-0.39, 0.29) is 11.7 Å². The van der Waals surface area contributed by atoms with E-state index >= 15 is 0 Å². The van der Waals surface area contributed by atoms with Crippen molar-refractivity contribution in [2.75, 3.05) is 7.11 Å². The zero-order valence-electron chi connectivity index (χ0n) is 10.9. The molecule has 2 nitrogen and oxygen atoms in total. The molecule has 2 rings (SSSR count). The number of carbonyl (C=O) groups is 1. The Bertz CT molecular complexity index is 434. The highest BCUT2D eigenvalue weighted by atomic mass is 79.9. The Hall–Kier alpha value is -0.830. The molecule has 98 valence electrons. The van der Waals surface area contributed by atoms with Crippen LogP contribution in [0.15, 0.2) is 22.7 Å². The van der Waals surface area contributed by atoms with Crippen LogP contribution >= 0.6 is 15.9 Å². The fourth-order valence-corrected chi connectivity index (χ4v) is 3.00. The second-order valence-corrected chi connectivity index (χ2v) is 6.02. The smallest absolute Gasteiger partial charge is 0.167 e. The number of carbonyl (C=O) groups excluding carboxylic acids is 1. The maximum Gasteiger partial charge on any atom is 0.167 e. The summed E-state index contributed by atoms with van der Waals surface area (Å²) in [6.07, 6.45) is 4.36. The highest BCUT2D eigenvalue weighted by molar-refractivity contribution is 9.10. The van der Waals surface area contributed by atoms with Crippen LogP contribution in [0.1, 0.15) is 43.0 Å². The molecule has 0 saturated heterocycles. The maximum atomic E-state index is 12.5. The highest BCUT2D eigenvalue weighted by Gasteiger charge is 2.26. The van der Waals surface area contributed by atoms with Crippen LogP contribution in [0.4, 0.5) is 0 Å². The largest absolute Gasteiger partial charge is 0.497 e. The van der Waals surface area contributed by atoms with Crippen LogP contribution in [0.2, 0.25) is 0 Å². The number of methoxy groups -OCH3 is 1. The van der Waals surface area contributed by atoms with Crippen molar-refractivity contribution in [1.29, 1.82) is 0 Å². The van der Waals surface area contributed by atoms with Crippen molar-refractivity contribution in [2.45, 2.75) is 32.6 Å². The molecule has 3 heteroatoms. The standard InChI is InChI=1S/C15H19BrO2/c1-10-3-5-11(6-4-10)15(17)13-9-12(18-2)7-8-14(13)16/h7-11H,3-6H2,1-2H3. The minimum absolute atomic E-state index is 0.185. The summed E-state index contributed by atoms with van der Waals surface area (Å²) in [5.41, 5.74) is 0.758. The molecule has 0 unspecified atom stereocenters. The number of ketones is 1. The van der Waals surface area contributed by atoms with Crippen LogP contribution in [-0.4, -0.2) is 12.9 Å². The molecule has 1 aliphatic carbocycles. The molecule has 1 aliphatic rings. The van der Waals surface area contributed by atoms with Gasteiger partial charge in [-0.2, -0.15) is 0 Å². The van der Waals surface area contributed by atoms with Crippen molar-refractivity contribution < 1.29 is 9.53 Å². The first-order valence-corrected chi connectivity index (χ1v) is 7.29. The lowest BCUT2D eigenvalue weighted by atomic mass is 9.79. The third-order valence-electron chi connectivity index (χ3n) is 3.83. The number of hydrogen-bond donors (Lipinski definition) is 0. The van der Waals surface area contributed by atoms with Crippen molar-refractivity contribution >= 4 is 21.7 Å². The summed E-state index contributed by atoms with van der Waals surface area (Å²) in [5.74, 6) is 1.95. The first kappa shape index (κ1) is 13.6. The summed E-state index contributed by atoms with van der Waals surface area (Å²) >= 11 is 3.46. The van der Waals surface area contributed by atoms with Gasteiger partial charge in [0.25, 0.3) is 0 Å². The van der Waals surface area contributed by atoms with E-state index in [1.54, 1.807) is 7.11 Å². The third kappa shape index (κ3) is 2.94. The minimum atomic E-state index is 0.185. The van der Waals surface area contributed by atoms with Gasteiger partial charge in [-0.3, -0.25) is 4.79 Å². The van der Waals surface area contributed by atoms with Crippen LogP contribution in [0.3, 0.4) is 0 Å². The average molecular weight is 311 g/mol. The van der Waals surface area contributed by atoms with Gasteiger partial charge in [0.2, 0.25) is 0 Å². The molecule has 0 amide bonds. The van der Waals surface area contributed by atoms with Crippen molar-refractivity contribution in [3.8, 4) is 5.75 Å². The van der Waals surface area contributed by atoms with Gasteiger partial charge in [0.1, 0.15) is 5.75 Å². The lowest BCUT2D eigenvalue weighted by molar-refractivity contribution is 0.0874. The highest BCUT2D eigenvalue weighted by Crippen LogP contribution is 2.33. The molecule has 0 radical (unpaired) electrons. The maximum absolute atomic E-state index is 12.5. The normalized spacial score (nSPS) is 23.7. The van der Waals surface area contributed by atoms with E-state index in [0.29, 0.717) is 0 Å². The molecular formula is C15H19BrO2. The van der Waals surface area contributed by atoms with Crippen molar-refractivity contribution in [3.05, 3.63) is 28.2 Å². The van der Waals surface area contributed by atoms with Gasteiger partial charge in [-0.25, -0.2) is 0 Å². The van der Waals surface area contributed by atoms with Gasteiger partial charge >= 0.3 is 0 Å². The van der Waals surface area contributed by atoms with Crippen molar-refractivity contribution in [1.82, 2.24) is 0 Å². The Morgan fingerprint density at radius 1 is 1.28 bits per heavy atom. The lowest BCUT2D eigenvalue weighted by Crippen LogP contribution is -2.21. The number of halogens is 1. The monoisotopic (exact) mass is 310 g/mol. The predicted octanol–water partition coefficient (Wildman–Crippen LogP) is 4.47. The fraction of sp³-hybridized carbons (Fsp3) is 0.533. The number of hydrogen-bond acceptors (Lipinski definition) is 2. The fourth-order valence-electron chi connectivity index (χ4n) is 2.56. The number of rotatable bonds is 3. The number of Topliss-reactive ketones (excluding diaryl/α,β-unsaturated/α-hetero) is 1. The molecule has 0 spiro atoms. The van der Waals surface area contributed by atoms with E-state index < -0.39 is 0 Å². The Kier molecular flexibility index (Phi) is 4.44. The SMILES string of the molecule is COc1ccc(Br)c(C(=O)C2CCC(C)CC2)c1. The molecule has 18 heavy (non-hydrogen) atoms. The van der Waals surface area contributed by atoms with Gasteiger partial charge in [0.15, 0.2) is 5.78 Å². The molecule has 1 aromatic carbocycles. The van der Waals surface area contributed by atoms with E-state index in [1.807, 2.05) is 18.2 Å². The van der Waals surface area contributed by atoms with Crippen molar-refractivity contribution in [2.24, 2.45) is 11.8 Å². The number of ether oxygens (including phenoxy) is 1. The molecule has 0 N–H and O–H groups in total. The molecule has 0 aromatic heterocycles. The Morgan fingerprint density at radius 2 is 1.94 bits per heavy atom. The van der Waals surface area contributed by atoms with Crippen LogP contribution in [-0.2, 0) is 0 Å². The Morgan fingerprint density at radius 3 is 2.56 bits per heavy atom. The van der Waals surface area contributed by atoms with Gasteiger partial charge in [-0.15, -0.1) is 0 Å². The topological polar surface area (TPSA) is 26.3 Å². The van der Waals surface area contributed by atoms with Crippen LogP contribution in [0.5, 0.6) is 5.75 Å². The second kappa shape index (κ2) is 5.87. The predicted molar refractivity (Wildman–Crippen MR) is 76.1 cm³/mol. The first-order valence-electron chi connectivity index (χ1n) is 6.49. The zero-order valence-corrected chi connectivity index (χ0v) is 12.5. The van der Waals surface area contributed by atoms with Crippen LogP contribution in [0, 0.1) is 11.8 Å². The number of benzene rings is 1. The van der Waals surface area contributed by atoms with Gasteiger partial charge in [0.05, 0.1) is 7.11 Å². The Labute approximate surface area is 117 Å². The molecule has 0 atom stereocenters. The van der Waals surface area contributed by atoms with Gasteiger partial charge in [-0.05, 0) is 37.0 Å². The van der Waals surface area contributed by atoms with E-state index in [4.69, 9.17) is 4.74 Å². The summed E-state index contributed by atoms with van der Waals surface area (Å²) < 4.78 is 6.06. The molecular weight excluding hydrogens is 292 g/mol. The quantitative estimate of drug-likeness (QED) is 0.770. The summed E-state index contributed by atoms with van der Waals surface area (Å²) in [5, 5.41) is 0. The summed E-state index contributed by atoms with van der Waals surface area (Å²) in [4.78, 5) is 12.5. The van der Waals surface area contributed by atoms with E-state index in [0.717, 1.165) is 47.4 Å². The second-order valence-electron chi connectivity index (χ2n) is 5.17. The van der Waals surface area contributed by atoms with Crippen molar-refractivity contribution in [3.63, 3.8) is 0 Å². The average Bonchev–Trinajstić information content (AvgIpc) is 2.39. The molecule has 1 fully saturated rings. The van der Waals surface area contributed by atoms with Crippen LogP contribution in [0.25, 0.3) is 0 Å². The molecule has 1 aromatic rings. The molecule has 0 aliphatic heterocycles. The van der Waals surface area contributed by atoms with Gasteiger partial charge in [-0.1, -0.05) is 35.7 Å². The van der Waals surface area contributed by atoms with Gasteiger partial charge < -0.3 is 4.74 Å². The third-order valence-corrected chi connectivity index (χ3v) is 4.52. The van der Waals surface area contributed by atoms with E-state index in [9.17, 15) is 4.79 Å². The van der Waals surface area contributed by atoms with E-state index in [2.05, 4.69) is 22.9 Å². The van der Waals surface area contributed by atoms with E-state index in [1.165, 1.54) is 0 Å². The molecule has 0 bridgehead atoms. The van der Waals surface area contributed by atoms with Gasteiger partial charge in [0, 0.05) is 16.0 Å². The summed E-state index contributed by atoms with van der Waals surface area (Å²) in [6, 6.07) is 5.59. The first-order chi connectivity index (χ1) is 8.61. The molecule has 0 heterocycles.